The van der Waals surface area contributed by atoms with Crippen LogP contribution >= 0.6 is 0 Å². The first kappa shape index (κ1) is 13.6. The fourth-order valence-electron chi connectivity index (χ4n) is 5.92. The van der Waals surface area contributed by atoms with Gasteiger partial charge in [-0.1, -0.05) is 0 Å². The number of carboxylic acid groups (broad SMARTS) is 1. The molecule has 1 heterocycles. The molecule has 0 aromatic rings. The molecular weight excluding hydrogens is 266 g/mol. The summed E-state index contributed by atoms with van der Waals surface area (Å²) in [6.07, 6.45) is 7.97. The molecular formula is C17H25NO3. The average Bonchev–Trinajstić information content (AvgIpc) is 2.46. The third kappa shape index (κ3) is 2.27. The number of hydrogen-bond donors (Lipinski definition) is 1. The number of hydrogen-bond acceptors (Lipinski definition) is 2. The molecule has 5 fully saturated rings. The van der Waals surface area contributed by atoms with Gasteiger partial charge in [0, 0.05) is 19.0 Å². The van der Waals surface area contributed by atoms with Gasteiger partial charge in [-0.15, -0.1) is 0 Å². The van der Waals surface area contributed by atoms with E-state index in [1.165, 1.54) is 32.1 Å². The van der Waals surface area contributed by atoms with Crippen molar-refractivity contribution in [2.24, 2.45) is 35.5 Å². The smallest absolute Gasteiger partial charge is 0.308 e. The van der Waals surface area contributed by atoms with Crippen LogP contribution in [0.25, 0.3) is 0 Å². The molecule has 4 heteroatoms. The summed E-state index contributed by atoms with van der Waals surface area (Å²) in [7, 11) is 0. The van der Waals surface area contributed by atoms with E-state index in [2.05, 4.69) is 0 Å². The van der Waals surface area contributed by atoms with E-state index in [9.17, 15) is 14.7 Å². The number of rotatable bonds is 2. The van der Waals surface area contributed by atoms with E-state index in [0.717, 1.165) is 31.2 Å². The zero-order valence-electron chi connectivity index (χ0n) is 12.5. The molecule has 4 aliphatic carbocycles. The molecule has 0 aromatic heterocycles. The minimum Gasteiger partial charge on any atom is -0.481 e. The van der Waals surface area contributed by atoms with E-state index in [-0.39, 0.29) is 17.7 Å². The first-order valence-corrected chi connectivity index (χ1v) is 8.63. The third-order valence-corrected chi connectivity index (χ3v) is 6.59. The molecule has 0 unspecified atom stereocenters. The van der Waals surface area contributed by atoms with E-state index in [1.54, 1.807) is 0 Å². The topological polar surface area (TPSA) is 57.6 Å². The minimum absolute atomic E-state index is 0.213. The lowest BCUT2D eigenvalue weighted by molar-refractivity contribution is -0.154. The maximum absolute atomic E-state index is 13.0. The Morgan fingerprint density at radius 2 is 1.57 bits per heavy atom. The fraction of sp³-hybridized carbons (Fsp3) is 0.882. The van der Waals surface area contributed by atoms with Gasteiger partial charge in [-0.2, -0.15) is 0 Å². The zero-order chi connectivity index (χ0) is 14.6. The van der Waals surface area contributed by atoms with Gasteiger partial charge in [0.05, 0.1) is 5.92 Å². The molecule has 116 valence electrons. The summed E-state index contributed by atoms with van der Waals surface area (Å²) in [4.78, 5) is 26.1. The Morgan fingerprint density at radius 3 is 2.14 bits per heavy atom. The van der Waals surface area contributed by atoms with Crippen LogP contribution in [0, 0.1) is 35.5 Å². The van der Waals surface area contributed by atoms with Gasteiger partial charge in [-0.25, -0.2) is 0 Å². The second-order valence-electron chi connectivity index (χ2n) is 7.92. The van der Waals surface area contributed by atoms with Crippen molar-refractivity contribution in [3.05, 3.63) is 0 Å². The largest absolute Gasteiger partial charge is 0.481 e. The maximum atomic E-state index is 13.0. The standard InChI is InChI=1S/C17H25NO3/c19-16(18-3-1-2-12(9-18)17(20)21)15-13-5-10-4-11(7-13)8-14(15)6-10/h10-15H,1-9H2,(H,20,21)/t10?,11?,12-,13?,14?,15?/m0/s1. The van der Waals surface area contributed by atoms with E-state index in [1.807, 2.05) is 4.90 Å². The summed E-state index contributed by atoms with van der Waals surface area (Å²) in [5.41, 5.74) is 0. The summed E-state index contributed by atoms with van der Waals surface area (Å²) in [5, 5.41) is 9.21. The van der Waals surface area contributed by atoms with Crippen LogP contribution in [0.2, 0.25) is 0 Å². The first-order valence-electron chi connectivity index (χ1n) is 8.63. The van der Waals surface area contributed by atoms with Crippen LogP contribution in [0.5, 0.6) is 0 Å². The number of amides is 1. The first-order chi connectivity index (χ1) is 10.1. The van der Waals surface area contributed by atoms with Crippen LogP contribution < -0.4 is 0 Å². The molecule has 1 amide bonds. The van der Waals surface area contributed by atoms with Crippen molar-refractivity contribution >= 4 is 11.9 Å². The SMILES string of the molecule is O=C(O)[C@H]1CCCN(C(=O)C2C3CC4CC(C3)CC2C4)C1. The van der Waals surface area contributed by atoms with Gasteiger partial charge in [0.25, 0.3) is 0 Å². The molecule has 1 aliphatic heterocycles. The lowest BCUT2D eigenvalue weighted by Crippen LogP contribution is -2.54. The molecule has 0 radical (unpaired) electrons. The van der Waals surface area contributed by atoms with Gasteiger partial charge in [-0.3, -0.25) is 9.59 Å². The maximum Gasteiger partial charge on any atom is 0.308 e. The Balaban J connectivity index is 1.48. The van der Waals surface area contributed by atoms with Crippen molar-refractivity contribution in [1.29, 1.82) is 0 Å². The van der Waals surface area contributed by atoms with Crippen LogP contribution in [-0.2, 0) is 9.59 Å². The normalized spacial score (nSPS) is 44.9. The Morgan fingerprint density at radius 1 is 0.952 bits per heavy atom. The second kappa shape index (κ2) is 4.99. The van der Waals surface area contributed by atoms with Gasteiger partial charge in [0.2, 0.25) is 5.91 Å². The highest BCUT2D eigenvalue weighted by Gasteiger charge is 2.51. The Bertz CT molecular complexity index is 433. The van der Waals surface area contributed by atoms with Gasteiger partial charge in [-0.05, 0) is 68.6 Å². The number of likely N-dealkylation sites (tertiary alicyclic amines) is 1. The highest BCUT2D eigenvalue weighted by molar-refractivity contribution is 5.81. The predicted octanol–water partition coefficient (Wildman–Crippen LogP) is 2.38. The van der Waals surface area contributed by atoms with Gasteiger partial charge in [0.15, 0.2) is 0 Å². The number of carbonyl (C=O) groups is 2. The average molecular weight is 291 g/mol. The molecule has 4 bridgehead atoms. The van der Waals surface area contributed by atoms with E-state index in [4.69, 9.17) is 0 Å². The molecule has 5 aliphatic rings. The molecule has 5 rings (SSSR count). The van der Waals surface area contributed by atoms with Gasteiger partial charge < -0.3 is 10.0 Å². The van der Waals surface area contributed by atoms with Crippen LogP contribution in [0.4, 0.5) is 0 Å². The number of aliphatic carboxylic acids is 1. The summed E-state index contributed by atoms with van der Waals surface area (Å²) in [6, 6.07) is 0. The van der Waals surface area contributed by atoms with Crippen LogP contribution in [0.15, 0.2) is 0 Å². The van der Waals surface area contributed by atoms with Crippen molar-refractivity contribution in [1.82, 2.24) is 4.90 Å². The van der Waals surface area contributed by atoms with Crippen LogP contribution in [0.1, 0.15) is 44.9 Å². The molecule has 1 N–H and O–H groups in total. The molecule has 4 nitrogen and oxygen atoms in total. The van der Waals surface area contributed by atoms with E-state index in [0.29, 0.717) is 18.4 Å². The lowest BCUT2D eigenvalue weighted by Gasteiger charge is -2.54. The van der Waals surface area contributed by atoms with Crippen LogP contribution in [-0.4, -0.2) is 35.0 Å². The summed E-state index contributed by atoms with van der Waals surface area (Å²) < 4.78 is 0. The summed E-state index contributed by atoms with van der Waals surface area (Å²) in [6.45, 7) is 1.21. The molecule has 0 aromatic carbocycles. The summed E-state index contributed by atoms with van der Waals surface area (Å²) >= 11 is 0. The van der Waals surface area contributed by atoms with E-state index < -0.39 is 5.97 Å². The van der Waals surface area contributed by atoms with Crippen molar-refractivity contribution < 1.29 is 14.7 Å². The highest BCUT2D eigenvalue weighted by Crippen LogP contribution is 2.56. The predicted molar refractivity (Wildman–Crippen MR) is 77.5 cm³/mol. The highest BCUT2D eigenvalue weighted by atomic mass is 16.4. The molecule has 0 spiro atoms. The van der Waals surface area contributed by atoms with E-state index >= 15 is 0 Å². The quantitative estimate of drug-likeness (QED) is 0.850. The molecule has 1 saturated heterocycles. The van der Waals surface area contributed by atoms with Gasteiger partial charge in [0.1, 0.15) is 0 Å². The lowest BCUT2D eigenvalue weighted by atomic mass is 9.51. The van der Waals surface area contributed by atoms with Crippen molar-refractivity contribution in [3.63, 3.8) is 0 Å². The number of carboxylic acids is 1. The molecule has 1 atom stereocenters. The number of nitrogens with zero attached hydrogens (tertiary/aromatic N) is 1. The Labute approximate surface area is 125 Å². The monoisotopic (exact) mass is 291 g/mol. The van der Waals surface area contributed by atoms with Crippen molar-refractivity contribution in [2.75, 3.05) is 13.1 Å². The number of carbonyl (C=O) groups excluding carboxylic acids is 1. The Kier molecular flexibility index (Phi) is 3.23. The second-order valence-corrected chi connectivity index (χ2v) is 7.92. The Hall–Kier alpha value is -1.06. The summed E-state index contributed by atoms with van der Waals surface area (Å²) in [5.74, 6) is 2.37. The molecule has 21 heavy (non-hydrogen) atoms. The van der Waals surface area contributed by atoms with Crippen molar-refractivity contribution in [2.45, 2.75) is 44.9 Å². The number of piperidine rings is 1. The van der Waals surface area contributed by atoms with Crippen LogP contribution in [0.3, 0.4) is 0 Å². The van der Waals surface area contributed by atoms with Crippen molar-refractivity contribution in [3.8, 4) is 0 Å². The van der Waals surface area contributed by atoms with Gasteiger partial charge >= 0.3 is 5.97 Å². The minimum atomic E-state index is -0.738. The molecule has 4 saturated carbocycles. The third-order valence-electron chi connectivity index (χ3n) is 6.59. The zero-order valence-corrected chi connectivity index (χ0v) is 12.5. The fourth-order valence-corrected chi connectivity index (χ4v) is 5.92.